The first kappa shape index (κ1) is 17.0. The van der Waals surface area contributed by atoms with E-state index in [1.165, 1.54) is 37.0 Å². The second-order valence-corrected chi connectivity index (χ2v) is 8.52. The highest BCUT2D eigenvalue weighted by atomic mass is 35.5. The second-order valence-electron chi connectivity index (χ2n) is 7.25. The minimum atomic E-state index is 0.109. The molecule has 1 aromatic carbocycles. The third-order valence-corrected chi connectivity index (χ3v) is 6.94. The highest BCUT2D eigenvalue weighted by Crippen LogP contribution is 2.36. The van der Waals surface area contributed by atoms with Gasteiger partial charge in [-0.3, -0.25) is 4.79 Å². The topological polar surface area (TPSA) is 33.2 Å². The smallest absolute Gasteiger partial charge is 0.273 e. The summed E-state index contributed by atoms with van der Waals surface area (Å²) in [6, 6.07) is 6.38. The van der Waals surface area contributed by atoms with Crippen molar-refractivity contribution in [1.82, 2.24) is 9.88 Å². The molecule has 2 unspecified atom stereocenters. The van der Waals surface area contributed by atoms with Gasteiger partial charge < -0.3 is 4.90 Å². The van der Waals surface area contributed by atoms with E-state index in [9.17, 15) is 4.79 Å². The number of rotatable bonds is 2. The zero-order valence-corrected chi connectivity index (χ0v) is 16.1. The van der Waals surface area contributed by atoms with Crippen LogP contribution in [-0.4, -0.2) is 28.4 Å². The fraction of sp³-hybridized carbons (Fsp3) is 0.500. The van der Waals surface area contributed by atoms with Crippen LogP contribution in [0.5, 0.6) is 0 Å². The molecule has 2 aromatic rings. The molecule has 0 radical (unpaired) electrons. The third kappa shape index (κ3) is 3.34. The number of piperidine rings is 1. The lowest BCUT2D eigenvalue weighted by Gasteiger charge is -2.43. The van der Waals surface area contributed by atoms with Crippen molar-refractivity contribution in [3.05, 3.63) is 39.9 Å². The quantitative estimate of drug-likeness (QED) is 0.688. The minimum absolute atomic E-state index is 0.109. The molecule has 1 amide bonds. The fourth-order valence-corrected chi connectivity index (χ4v) is 5.23. The van der Waals surface area contributed by atoms with Gasteiger partial charge in [-0.15, -0.1) is 11.3 Å². The molecule has 25 heavy (non-hydrogen) atoms. The molecule has 2 atom stereocenters. The van der Waals surface area contributed by atoms with E-state index in [1.807, 2.05) is 30.5 Å². The number of aromatic nitrogens is 1. The van der Waals surface area contributed by atoms with Gasteiger partial charge in [0.1, 0.15) is 10.7 Å². The molecule has 0 bridgehead atoms. The largest absolute Gasteiger partial charge is 0.334 e. The van der Waals surface area contributed by atoms with E-state index in [2.05, 4.69) is 9.88 Å². The van der Waals surface area contributed by atoms with Gasteiger partial charge in [-0.1, -0.05) is 36.6 Å². The van der Waals surface area contributed by atoms with Crippen molar-refractivity contribution in [3.63, 3.8) is 0 Å². The molecule has 3 nitrogen and oxygen atoms in total. The summed E-state index contributed by atoms with van der Waals surface area (Å²) in [5.74, 6) is 0.803. The van der Waals surface area contributed by atoms with Crippen LogP contribution in [0.2, 0.25) is 5.02 Å². The molecule has 1 aromatic heterocycles. The summed E-state index contributed by atoms with van der Waals surface area (Å²) in [6.45, 7) is 2.86. The van der Waals surface area contributed by atoms with Crippen molar-refractivity contribution in [2.45, 2.75) is 51.5 Å². The van der Waals surface area contributed by atoms with E-state index in [0.717, 1.165) is 40.5 Å². The lowest BCUT2D eigenvalue weighted by atomic mass is 9.78. The van der Waals surface area contributed by atoms with Crippen molar-refractivity contribution in [1.29, 1.82) is 0 Å². The van der Waals surface area contributed by atoms with Crippen LogP contribution in [0.4, 0.5) is 0 Å². The van der Waals surface area contributed by atoms with Crippen molar-refractivity contribution in [3.8, 4) is 10.6 Å². The summed E-state index contributed by atoms with van der Waals surface area (Å²) >= 11 is 7.75. The Bertz CT molecular complexity index is 786. The van der Waals surface area contributed by atoms with Crippen LogP contribution < -0.4 is 0 Å². The van der Waals surface area contributed by atoms with Crippen LogP contribution in [0.15, 0.2) is 23.6 Å². The van der Waals surface area contributed by atoms with Crippen LogP contribution in [0, 0.1) is 12.8 Å². The van der Waals surface area contributed by atoms with Gasteiger partial charge in [0.2, 0.25) is 0 Å². The van der Waals surface area contributed by atoms with Crippen molar-refractivity contribution < 1.29 is 4.79 Å². The lowest BCUT2D eigenvalue weighted by molar-refractivity contribution is 0.0386. The Morgan fingerprint density at radius 2 is 2.04 bits per heavy atom. The van der Waals surface area contributed by atoms with E-state index < -0.39 is 0 Å². The Labute approximate surface area is 158 Å². The average molecular weight is 375 g/mol. The van der Waals surface area contributed by atoms with Gasteiger partial charge in [0.05, 0.1) is 0 Å². The third-order valence-electron chi connectivity index (χ3n) is 5.65. The zero-order chi connectivity index (χ0) is 17.4. The van der Waals surface area contributed by atoms with Crippen LogP contribution in [0.25, 0.3) is 10.6 Å². The average Bonchev–Trinajstić information content (AvgIpc) is 3.13. The Morgan fingerprint density at radius 1 is 1.24 bits per heavy atom. The number of amides is 1. The van der Waals surface area contributed by atoms with Crippen LogP contribution >= 0.6 is 22.9 Å². The zero-order valence-electron chi connectivity index (χ0n) is 14.5. The van der Waals surface area contributed by atoms with Gasteiger partial charge in [-0.2, -0.15) is 0 Å². The number of hydrogen-bond acceptors (Lipinski definition) is 3. The van der Waals surface area contributed by atoms with E-state index >= 15 is 0 Å². The maximum absolute atomic E-state index is 13.1. The predicted octanol–water partition coefficient (Wildman–Crippen LogP) is 5.57. The molecule has 0 N–H and O–H groups in total. The number of halogens is 1. The van der Waals surface area contributed by atoms with Gasteiger partial charge in [0.25, 0.3) is 5.91 Å². The number of benzene rings is 1. The van der Waals surface area contributed by atoms with Gasteiger partial charge in [0.15, 0.2) is 0 Å². The fourth-order valence-electron chi connectivity index (χ4n) is 4.25. The van der Waals surface area contributed by atoms with E-state index in [0.29, 0.717) is 17.7 Å². The van der Waals surface area contributed by atoms with Crippen molar-refractivity contribution in [2.75, 3.05) is 6.54 Å². The number of carbonyl (C=O) groups is 1. The number of thiazole rings is 1. The Kier molecular flexibility index (Phi) is 4.83. The van der Waals surface area contributed by atoms with Crippen LogP contribution in [0.3, 0.4) is 0 Å². The first-order valence-electron chi connectivity index (χ1n) is 9.16. The highest BCUT2D eigenvalue weighted by molar-refractivity contribution is 7.13. The normalized spacial score (nSPS) is 23.4. The van der Waals surface area contributed by atoms with E-state index in [-0.39, 0.29) is 5.91 Å². The molecule has 132 valence electrons. The first-order chi connectivity index (χ1) is 12.1. The van der Waals surface area contributed by atoms with Crippen LogP contribution in [-0.2, 0) is 0 Å². The summed E-state index contributed by atoms with van der Waals surface area (Å²) in [7, 11) is 0. The molecule has 0 spiro atoms. The van der Waals surface area contributed by atoms with Crippen LogP contribution in [0.1, 0.15) is 54.6 Å². The predicted molar refractivity (Wildman–Crippen MR) is 103 cm³/mol. The van der Waals surface area contributed by atoms with Gasteiger partial charge >= 0.3 is 0 Å². The Morgan fingerprint density at radius 3 is 2.88 bits per heavy atom. The summed E-state index contributed by atoms with van der Waals surface area (Å²) in [5.41, 5.74) is 2.62. The Hall–Kier alpha value is -1.39. The van der Waals surface area contributed by atoms with Gasteiger partial charge in [0, 0.05) is 28.6 Å². The SMILES string of the molecule is Cc1ccc(-c2nc(C(=O)N3CCCC4CCCCC43)cs2)cc1Cl. The molecule has 1 saturated carbocycles. The lowest BCUT2D eigenvalue weighted by Crippen LogP contribution is -2.49. The minimum Gasteiger partial charge on any atom is -0.334 e. The maximum atomic E-state index is 13.1. The van der Waals surface area contributed by atoms with Crippen molar-refractivity contribution >= 4 is 28.8 Å². The number of likely N-dealkylation sites (tertiary alicyclic amines) is 1. The van der Waals surface area contributed by atoms with Crippen molar-refractivity contribution in [2.24, 2.45) is 5.92 Å². The molecular weight excluding hydrogens is 352 g/mol. The molecule has 1 aliphatic carbocycles. The summed E-state index contributed by atoms with van der Waals surface area (Å²) < 4.78 is 0. The highest BCUT2D eigenvalue weighted by Gasteiger charge is 2.36. The van der Waals surface area contributed by atoms with Gasteiger partial charge in [-0.05, 0) is 50.2 Å². The molecule has 1 aliphatic heterocycles. The standard InChI is InChI=1S/C20H23ClN2OS/c1-13-8-9-15(11-16(13)21)19-22-17(12-25-19)20(24)23-10-4-6-14-5-2-3-7-18(14)23/h8-9,11-12,14,18H,2-7,10H2,1H3. The molecular formula is C20H23ClN2OS. The molecule has 4 rings (SSSR count). The molecule has 1 saturated heterocycles. The molecule has 2 aliphatic rings. The summed E-state index contributed by atoms with van der Waals surface area (Å²) in [5, 5.41) is 3.50. The Balaban J connectivity index is 1.56. The second kappa shape index (κ2) is 7.08. The number of fused-ring (bicyclic) bond motifs is 1. The monoisotopic (exact) mass is 374 g/mol. The summed E-state index contributed by atoms with van der Waals surface area (Å²) in [4.78, 5) is 19.8. The van der Waals surface area contributed by atoms with E-state index in [1.54, 1.807) is 0 Å². The molecule has 2 fully saturated rings. The van der Waals surface area contributed by atoms with E-state index in [4.69, 9.17) is 11.6 Å². The van der Waals surface area contributed by atoms with Gasteiger partial charge in [-0.25, -0.2) is 4.98 Å². The maximum Gasteiger partial charge on any atom is 0.273 e. The first-order valence-corrected chi connectivity index (χ1v) is 10.4. The molecule has 2 heterocycles. The number of nitrogens with zero attached hydrogens (tertiary/aromatic N) is 2. The summed E-state index contributed by atoms with van der Waals surface area (Å²) in [6.07, 6.45) is 7.39. The molecule has 5 heteroatoms. The number of aryl methyl sites for hydroxylation is 1. The number of carbonyl (C=O) groups excluding carboxylic acids is 1. The number of hydrogen-bond donors (Lipinski definition) is 0.